The second-order valence-corrected chi connectivity index (χ2v) is 7.19. The van der Waals surface area contributed by atoms with Gasteiger partial charge in [0.2, 0.25) is 5.95 Å². The summed E-state index contributed by atoms with van der Waals surface area (Å²) in [6, 6.07) is 5.52. The lowest BCUT2D eigenvalue weighted by Crippen LogP contribution is -2.25. The zero-order chi connectivity index (χ0) is 18.3. The van der Waals surface area contributed by atoms with E-state index < -0.39 is 5.91 Å². The number of hydrogen-bond donors (Lipinski definition) is 2. The van der Waals surface area contributed by atoms with E-state index in [4.69, 9.17) is 22.1 Å². The predicted molar refractivity (Wildman–Crippen MR) is 99.7 cm³/mol. The molecule has 4 rings (SSSR count). The number of nitrogens with zero attached hydrogens (tertiary/aromatic N) is 3. The van der Waals surface area contributed by atoms with Gasteiger partial charge >= 0.3 is 0 Å². The van der Waals surface area contributed by atoms with E-state index in [1.54, 1.807) is 13.2 Å². The van der Waals surface area contributed by atoms with Gasteiger partial charge in [0.25, 0.3) is 5.91 Å². The number of halogens is 1. The van der Waals surface area contributed by atoms with E-state index in [9.17, 15) is 4.79 Å². The molecule has 136 valence electrons. The molecule has 1 saturated heterocycles. The van der Waals surface area contributed by atoms with Gasteiger partial charge in [0, 0.05) is 25.8 Å². The smallest absolute Gasteiger partial charge is 0.254 e. The molecule has 1 amide bonds. The molecule has 2 unspecified atom stereocenters. The van der Waals surface area contributed by atoms with E-state index >= 15 is 0 Å². The molecule has 8 heteroatoms. The molecule has 3 N–H and O–H groups in total. The van der Waals surface area contributed by atoms with Crippen LogP contribution in [0.15, 0.2) is 24.4 Å². The lowest BCUT2D eigenvalue weighted by atomic mass is 10.2. The van der Waals surface area contributed by atoms with Crippen LogP contribution < -0.4 is 20.7 Å². The summed E-state index contributed by atoms with van der Waals surface area (Å²) in [6.07, 6.45) is 2.80. The van der Waals surface area contributed by atoms with Crippen LogP contribution in [-0.2, 0) is 6.54 Å². The summed E-state index contributed by atoms with van der Waals surface area (Å²) in [6.45, 7) is 2.41. The van der Waals surface area contributed by atoms with Gasteiger partial charge in [-0.1, -0.05) is 17.7 Å². The fourth-order valence-electron chi connectivity index (χ4n) is 3.41. The fourth-order valence-corrected chi connectivity index (χ4v) is 3.69. The normalized spacial score (nSPS) is 20.6. The summed E-state index contributed by atoms with van der Waals surface area (Å²) in [7, 11) is 1.57. The minimum absolute atomic E-state index is 0.276. The van der Waals surface area contributed by atoms with E-state index in [0.717, 1.165) is 30.5 Å². The summed E-state index contributed by atoms with van der Waals surface area (Å²) < 4.78 is 5.16. The van der Waals surface area contributed by atoms with Gasteiger partial charge in [-0.3, -0.25) is 4.79 Å². The highest BCUT2D eigenvalue weighted by Gasteiger charge is 2.45. The number of carbonyl (C=O) groups excluding carboxylic acids is 1. The quantitative estimate of drug-likeness (QED) is 0.807. The van der Waals surface area contributed by atoms with Crippen LogP contribution >= 0.6 is 11.6 Å². The summed E-state index contributed by atoms with van der Waals surface area (Å²) in [4.78, 5) is 22.8. The van der Waals surface area contributed by atoms with Crippen LogP contribution in [0, 0.1) is 11.8 Å². The maximum absolute atomic E-state index is 11.7. The van der Waals surface area contributed by atoms with Gasteiger partial charge in [0.1, 0.15) is 11.6 Å². The highest BCUT2D eigenvalue weighted by atomic mass is 35.5. The number of rotatable bonds is 6. The standard InChI is InChI=1S/C18H20ClN5O2/c1-26-15-3-2-10(4-14(15)19)6-21-17-13(16(20)25)7-22-18(23-17)24-8-11-5-12(11)9-24/h2-4,7,11-12H,5-6,8-9H2,1H3,(H2,20,25)(H,21,22,23). The number of hydrogen-bond acceptors (Lipinski definition) is 6. The monoisotopic (exact) mass is 373 g/mol. The fraction of sp³-hybridized carbons (Fsp3) is 0.389. The first kappa shape index (κ1) is 16.9. The van der Waals surface area contributed by atoms with Crippen LogP contribution in [0.25, 0.3) is 0 Å². The first-order valence-corrected chi connectivity index (χ1v) is 8.91. The third-order valence-electron chi connectivity index (χ3n) is 4.98. The molecule has 1 aromatic heterocycles. The number of anilines is 2. The molecule has 1 saturated carbocycles. The third-order valence-corrected chi connectivity index (χ3v) is 5.27. The van der Waals surface area contributed by atoms with Crippen molar-refractivity contribution in [3.63, 3.8) is 0 Å². The van der Waals surface area contributed by atoms with Gasteiger partial charge in [-0.15, -0.1) is 0 Å². The summed E-state index contributed by atoms with van der Waals surface area (Å²) in [5.41, 5.74) is 6.68. The van der Waals surface area contributed by atoms with Crippen molar-refractivity contribution in [2.75, 3.05) is 30.4 Å². The van der Waals surface area contributed by atoms with Crippen LogP contribution in [-0.4, -0.2) is 36.1 Å². The largest absolute Gasteiger partial charge is 0.495 e. The molecule has 2 atom stereocenters. The highest BCUT2D eigenvalue weighted by molar-refractivity contribution is 6.32. The highest BCUT2D eigenvalue weighted by Crippen LogP contribution is 2.45. The van der Waals surface area contributed by atoms with E-state index in [-0.39, 0.29) is 5.56 Å². The van der Waals surface area contributed by atoms with Crippen molar-refractivity contribution in [2.45, 2.75) is 13.0 Å². The average molecular weight is 374 g/mol. The maximum atomic E-state index is 11.7. The van der Waals surface area contributed by atoms with E-state index in [1.165, 1.54) is 12.6 Å². The number of methoxy groups -OCH3 is 1. The van der Waals surface area contributed by atoms with Gasteiger partial charge in [-0.25, -0.2) is 4.98 Å². The van der Waals surface area contributed by atoms with Gasteiger partial charge in [0.15, 0.2) is 0 Å². The predicted octanol–water partition coefficient (Wildman–Crippen LogP) is 2.31. The number of ether oxygens (including phenoxy) is 1. The van der Waals surface area contributed by atoms with Gasteiger partial charge in [-0.2, -0.15) is 4.98 Å². The van der Waals surface area contributed by atoms with Crippen molar-refractivity contribution in [3.8, 4) is 5.75 Å². The Hall–Kier alpha value is -2.54. The summed E-state index contributed by atoms with van der Waals surface area (Å²) in [5.74, 6) is 2.67. The molecular weight excluding hydrogens is 354 g/mol. The second kappa shape index (κ2) is 6.64. The summed E-state index contributed by atoms with van der Waals surface area (Å²) >= 11 is 6.16. The Morgan fingerprint density at radius 1 is 1.42 bits per heavy atom. The molecule has 7 nitrogen and oxygen atoms in total. The van der Waals surface area contributed by atoms with E-state index in [0.29, 0.717) is 29.1 Å². The van der Waals surface area contributed by atoms with Crippen LogP contribution in [0.4, 0.5) is 11.8 Å². The minimum atomic E-state index is -0.559. The van der Waals surface area contributed by atoms with Gasteiger partial charge < -0.3 is 20.7 Å². The molecule has 2 heterocycles. The molecule has 1 aliphatic heterocycles. The molecule has 0 bridgehead atoms. The molecule has 2 aromatic rings. The van der Waals surface area contributed by atoms with Gasteiger partial charge in [-0.05, 0) is 36.0 Å². The van der Waals surface area contributed by atoms with Crippen molar-refractivity contribution >= 4 is 29.3 Å². The Bertz CT molecular complexity index is 849. The Morgan fingerprint density at radius 3 is 2.85 bits per heavy atom. The SMILES string of the molecule is COc1ccc(CNc2nc(N3CC4CC4C3)ncc2C(N)=O)cc1Cl. The number of nitrogens with one attached hydrogen (secondary N) is 1. The molecule has 1 aliphatic carbocycles. The number of carbonyl (C=O) groups is 1. The average Bonchev–Trinajstić information content (AvgIpc) is 3.25. The molecule has 26 heavy (non-hydrogen) atoms. The minimum Gasteiger partial charge on any atom is -0.495 e. The Morgan fingerprint density at radius 2 is 2.19 bits per heavy atom. The number of aromatic nitrogens is 2. The van der Waals surface area contributed by atoms with Crippen molar-refractivity contribution < 1.29 is 9.53 Å². The second-order valence-electron chi connectivity index (χ2n) is 6.78. The lowest BCUT2D eigenvalue weighted by Gasteiger charge is -2.19. The molecular formula is C18H20ClN5O2. The number of benzene rings is 1. The number of primary amides is 1. The number of amides is 1. The molecule has 2 aliphatic rings. The van der Waals surface area contributed by atoms with Crippen LogP contribution in [0.1, 0.15) is 22.3 Å². The van der Waals surface area contributed by atoms with Crippen LogP contribution in [0.3, 0.4) is 0 Å². The number of nitrogens with two attached hydrogens (primary N) is 1. The van der Waals surface area contributed by atoms with Crippen molar-refractivity contribution in [1.29, 1.82) is 0 Å². The van der Waals surface area contributed by atoms with Crippen LogP contribution in [0.2, 0.25) is 5.02 Å². The summed E-state index contributed by atoms with van der Waals surface area (Å²) in [5, 5.41) is 3.71. The molecule has 0 radical (unpaired) electrons. The Labute approximate surface area is 156 Å². The lowest BCUT2D eigenvalue weighted by molar-refractivity contribution is 0.100. The third kappa shape index (κ3) is 3.26. The molecule has 1 aromatic carbocycles. The van der Waals surface area contributed by atoms with E-state index in [2.05, 4.69) is 20.2 Å². The number of fused-ring (bicyclic) bond motifs is 1. The Kier molecular flexibility index (Phi) is 4.32. The molecule has 0 spiro atoms. The van der Waals surface area contributed by atoms with Crippen LogP contribution in [0.5, 0.6) is 5.75 Å². The first-order chi connectivity index (χ1) is 12.5. The Balaban J connectivity index is 1.53. The number of piperidine rings is 1. The van der Waals surface area contributed by atoms with Crippen molar-refractivity contribution in [3.05, 3.63) is 40.5 Å². The zero-order valence-corrected chi connectivity index (χ0v) is 15.2. The van der Waals surface area contributed by atoms with Crippen molar-refractivity contribution in [1.82, 2.24) is 9.97 Å². The van der Waals surface area contributed by atoms with Crippen molar-refractivity contribution in [2.24, 2.45) is 17.6 Å². The molecule has 2 fully saturated rings. The first-order valence-electron chi connectivity index (χ1n) is 8.53. The van der Waals surface area contributed by atoms with Gasteiger partial charge in [0.05, 0.1) is 17.7 Å². The maximum Gasteiger partial charge on any atom is 0.254 e. The topological polar surface area (TPSA) is 93.4 Å². The zero-order valence-electron chi connectivity index (χ0n) is 14.4. The van der Waals surface area contributed by atoms with E-state index in [1.807, 2.05) is 12.1 Å².